The van der Waals surface area contributed by atoms with E-state index in [1.807, 2.05) is 12.4 Å². The second-order valence-electron chi connectivity index (χ2n) is 6.63. The van der Waals surface area contributed by atoms with Crippen molar-refractivity contribution in [2.75, 3.05) is 0 Å². The number of nitrogens with zero attached hydrogens (tertiary/aromatic N) is 8. The summed E-state index contributed by atoms with van der Waals surface area (Å²) in [5.41, 5.74) is 3.92. The van der Waals surface area contributed by atoms with Crippen molar-refractivity contribution < 1.29 is 0 Å². The third-order valence-corrected chi connectivity index (χ3v) is 5.89. The van der Waals surface area contributed by atoms with Gasteiger partial charge in [0.25, 0.3) is 0 Å². The molecule has 0 bridgehead atoms. The van der Waals surface area contributed by atoms with Gasteiger partial charge in [0.1, 0.15) is 0 Å². The molecule has 2 rings (SSSR count). The van der Waals surface area contributed by atoms with E-state index in [1.54, 1.807) is 36.7 Å². The smallest absolute Gasteiger partial charge is 0.173 e. The molecule has 0 atom stereocenters. The van der Waals surface area contributed by atoms with Gasteiger partial charge in [-0.2, -0.15) is 41.0 Å². The molecule has 2 aliphatic carbocycles. The van der Waals surface area contributed by atoms with E-state index in [9.17, 15) is 0 Å². The van der Waals surface area contributed by atoms with Gasteiger partial charge in [0.15, 0.2) is 0 Å². The van der Waals surface area contributed by atoms with Crippen molar-refractivity contribution >= 4 is 54.7 Å². The molecular weight excluding hydrogens is 536 g/mol. The summed E-state index contributed by atoms with van der Waals surface area (Å²) in [7, 11) is 0. The number of unbranched alkanes of at least 4 members (excludes halogenated alkanes) is 3. The molecule has 0 amide bonds. The van der Waals surface area contributed by atoms with E-state index in [4.69, 9.17) is 21.0 Å². The van der Waals surface area contributed by atoms with Crippen molar-refractivity contribution in [1.82, 2.24) is 0 Å². The number of hydrogen-bond acceptors (Lipinski definition) is 8. The molecule has 0 aromatic rings. The maximum Gasteiger partial charge on any atom is 0.206 e. The molecule has 0 saturated heterocycles. The minimum Gasteiger partial charge on any atom is -0.173 e. The minimum absolute atomic E-state index is 0.516. The monoisotopic (exact) mass is 550 g/mol. The number of nitriles is 4. The van der Waals surface area contributed by atoms with Crippen LogP contribution in [-0.2, 0) is 0 Å². The lowest BCUT2D eigenvalue weighted by atomic mass is 9.94. The molecule has 0 N–H and O–H groups in total. The predicted octanol–water partition coefficient (Wildman–Crippen LogP) is 5.45. The van der Waals surface area contributed by atoms with Crippen molar-refractivity contribution in [2.24, 2.45) is 20.0 Å². The fourth-order valence-electron chi connectivity index (χ4n) is 3.17. The number of allylic oxidation sites excluding steroid dienone is 8. The highest BCUT2D eigenvalue weighted by Crippen LogP contribution is 2.25. The molecule has 8 nitrogen and oxygen atoms in total. The highest BCUT2D eigenvalue weighted by molar-refractivity contribution is 9.12. The first kappa shape index (κ1) is 24.8. The Morgan fingerprint density at radius 1 is 0.531 bits per heavy atom. The van der Waals surface area contributed by atoms with Crippen molar-refractivity contribution in [3.8, 4) is 24.8 Å². The summed E-state index contributed by atoms with van der Waals surface area (Å²) in [5.74, 6) is 0. The molecule has 0 fully saturated rings. The SMILES string of the molecule is N#CN=C1C=C(CCCCCCC2=CC(=NC#N)C(Br)=CC2=NC#N)C(=NC#N)C=C1Br. The minimum atomic E-state index is 0.516. The quantitative estimate of drug-likeness (QED) is 0.235. The molecule has 2 aliphatic rings. The first-order chi connectivity index (χ1) is 15.5. The van der Waals surface area contributed by atoms with Gasteiger partial charge in [-0.05, 0) is 93.0 Å². The molecule has 158 valence electrons. The van der Waals surface area contributed by atoms with Crippen molar-refractivity contribution in [1.29, 1.82) is 21.0 Å². The Morgan fingerprint density at radius 3 is 1.22 bits per heavy atom. The molecule has 0 saturated carbocycles. The lowest BCUT2D eigenvalue weighted by Crippen LogP contribution is -2.11. The van der Waals surface area contributed by atoms with Gasteiger partial charge in [0, 0.05) is 8.96 Å². The van der Waals surface area contributed by atoms with E-state index in [0.29, 0.717) is 44.7 Å². The average molecular weight is 552 g/mol. The van der Waals surface area contributed by atoms with Crippen LogP contribution in [-0.4, -0.2) is 22.8 Å². The van der Waals surface area contributed by atoms with Gasteiger partial charge in [-0.25, -0.2) is 0 Å². The summed E-state index contributed by atoms with van der Waals surface area (Å²) in [6.45, 7) is 0. The summed E-state index contributed by atoms with van der Waals surface area (Å²) in [6, 6.07) is 0. The van der Waals surface area contributed by atoms with Crippen LogP contribution >= 0.6 is 31.9 Å². The van der Waals surface area contributed by atoms with Crippen LogP contribution < -0.4 is 0 Å². The van der Waals surface area contributed by atoms with Crippen LogP contribution in [0, 0.1) is 45.8 Å². The van der Waals surface area contributed by atoms with Crippen LogP contribution in [0.2, 0.25) is 0 Å². The Morgan fingerprint density at radius 2 is 0.875 bits per heavy atom. The molecular formula is C22H16Br2N8. The van der Waals surface area contributed by atoms with Gasteiger partial charge < -0.3 is 0 Å². The number of aliphatic imine (C=N–C) groups is 4. The molecule has 32 heavy (non-hydrogen) atoms. The second-order valence-corrected chi connectivity index (χ2v) is 8.33. The molecule has 0 radical (unpaired) electrons. The fraction of sp³-hybridized carbons (Fsp3) is 0.273. The maximum absolute atomic E-state index is 8.93. The summed E-state index contributed by atoms with van der Waals surface area (Å²) in [4.78, 5) is 15.3. The average Bonchev–Trinajstić information content (AvgIpc) is 2.76. The van der Waals surface area contributed by atoms with E-state index in [0.717, 1.165) is 36.8 Å². The molecule has 0 aromatic carbocycles. The van der Waals surface area contributed by atoms with Crippen LogP contribution in [0.4, 0.5) is 0 Å². The van der Waals surface area contributed by atoms with Gasteiger partial charge in [0.05, 0.1) is 22.8 Å². The lowest BCUT2D eigenvalue weighted by molar-refractivity contribution is 0.645. The Labute approximate surface area is 203 Å². The zero-order valence-corrected chi connectivity index (χ0v) is 20.1. The number of rotatable bonds is 7. The highest BCUT2D eigenvalue weighted by atomic mass is 79.9. The molecule has 0 spiro atoms. The van der Waals surface area contributed by atoms with Gasteiger partial charge in [-0.3, -0.25) is 0 Å². The van der Waals surface area contributed by atoms with E-state index < -0.39 is 0 Å². The third-order valence-electron chi connectivity index (χ3n) is 4.62. The third kappa shape index (κ3) is 7.06. The standard InChI is InChI=1S/C22H16Br2N8/c23-17-9-19(29-11-25)15(7-21(17)31-13-27)5-3-1-2-4-6-16-8-22(32-14-28)18(24)10-20(16)30-12-26/h7-10H,1-6H2. The van der Waals surface area contributed by atoms with E-state index in [1.165, 1.54) is 0 Å². The van der Waals surface area contributed by atoms with Crippen LogP contribution in [0.15, 0.2) is 64.4 Å². The molecule has 0 heterocycles. The van der Waals surface area contributed by atoms with Crippen molar-refractivity contribution in [2.45, 2.75) is 38.5 Å². The van der Waals surface area contributed by atoms with Crippen LogP contribution in [0.3, 0.4) is 0 Å². The van der Waals surface area contributed by atoms with Gasteiger partial charge in [-0.1, -0.05) is 12.8 Å². The van der Waals surface area contributed by atoms with Gasteiger partial charge in [0.2, 0.25) is 24.8 Å². The van der Waals surface area contributed by atoms with Gasteiger partial charge >= 0.3 is 0 Å². The highest BCUT2D eigenvalue weighted by Gasteiger charge is 2.17. The number of hydrogen-bond donors (Lipinski definition) is 0. The maximum atomic E-state index is 8.93. The predicted molar refractivity (Wildman–Crippen MR) is 130 cm³/mol. The second kappa shape index (κ2) is 13.1. The number of halogens is 2. The normalized spacial score (nSPS) is 20.6. The summed E-state index contributed by atoms with van der Waals surface area (Å²) in [6.07, 6.45) is 19.2. The zero-order chi connectivity index (χ0) is 23.3. The Hall–Kier alpha value is -3.44. The first-order valence-corrected chi connectivity index (χ1v) is 11.2. The van der Waals surface area contributed by atoms with Crippen molar-refractivity contribution in [3.05, 3.63) is 44.4 Å². The van der Waals surface area contributed by atoms with Crippen LogP contribution in [0.5, 0.6) is 0 Å². The molecule has 10 heteroatoms. The molecule has 0 aromatic heterocycles. The van der Waals surface area contributed by atoms with Crippen molar-refractivity contribution in [3.63, 3.8) is 0 Å². The zero-order valence-electron chi connectivity index (χ0n) is 16.9. The van der Waals surface area contributed by atoms with Gasteiger partial charge in [-0.15, -0.1) is 0 Å². The Balaban J connectivity index is 1.93. The Kier molecular flexibility index (Phi) is 10.1. The summed E-state index contributed by atoms with van der Waals surface area (Å²) < 4.78 is 1.24. The van der Waals surface area contributed by atoms with E-state index in [-0.39, 0.29) is 0 Å². The molecule has 0 unspecified atom stereocenters. The largest absolute Gasteiger partial charge is 0.206 e. The lowest BCUT2D eigenvalue weighted by Gasteiger charge is -2.14. The molecule has 0 aliphatic heterocycles. The first-order valence-electron chi connectivity index (χ1n) is 9.58. The van der Waals surface area contributed by atoms with Crippen LogP contribution in [0.1, 0.15) is 38.5 Å². The topological polar surface area (TPSA) is 145 Å². The summed E-state index contributed by atoms with van der Waals surface area (Å²) >= 11 is 6.69. The Bertz CT molecular complexity index is 1090. The summed E-state index contributed by atoms with van der Waals surface area (Å²) in [5, 5.41) is 35.5. The van der Waals surface area contributed by atoms with Crippen LogP contribution in [0.25, 0.3) is 0 Å². The van der Waals surface area contributed by atoms with E-state index >= 15 is 0 Å². The fourth-order valence-corrected chi connectivity index (χ4v) is 4.01. The van der Waals surface area contributed by atoms with E-state index in [2.05, 4.69) is 51.8 Å².